The van der Waals surface area contributed by atoms with Gasteiger partial charge in [0, 0.05) is 46.0 Å². The first-order valence-corrected chi connectivity index (χ1v) is 7.71. The van der Waals surface area contributed by atoms with Crippen LogP contribution in [0.1, 0.15) is 18.9 Å². The smallest absolute Gasteiger partial charge is 0.128 e. The van der Waals surface area contributed by atoms with E-state index in [0.717, 1.165) is 51.6 Å². The van der Waals surface area contributed by atoms with Crippen LogP contribution in [0.5, 0.6) is 0 Å². The Labute approximate surface area is 129 Å². The van der Waals surface area contributed by atoms with Gasteiger partial charge in [-0.3, -0.25) is 0 Å². The third-order valence-corrected chi connectivity index (χ3v) is 3.26. The molecule has 1 aromatic rings. The first-order chi connectivity index (χ1) is 10.2. The minimum Gasteiger partial charge on any atom is -0.383 e. The molecule has 0 aliphatic heterocycles. The largest absolute Gasteiger partial charge is 0.383 e. The summed E-state index contributed by atoms with van der Waals surface area (Å²) < 4.78 is 5.01. The molecule has 0 aliphatic rings. The summed E-state index contributed by atoms with van der Waals surface area (Å²) in [6.07, 6.45) is 3.10. The third kappa shape index (κ3) is 7.41. The molecule has 0 aromatic carbocycles. The summed E-state index contributed by atoms with van der Waals surface area (Å²) in [6, 6.07) is 4.28. The number of hydrogen-bond donors (Lipinski definition) is 1. The maximum absolute atomic E-state index is 5.01. The van der Waals surface area contributed by atoms with Crippen molar-refractivity contribution >= 4 is 5.82 Å². The van der Waals surface area contributed by atoms with E-state index in [1.165, 1.54) is 5.56 Å². The summed E-state index contributed by atoms with van der Waals surface area (Å²) in [7, 11) is 5.92. The Morgan fingerprint density at radius 1 is 1.19 bits per heavy atom. The van der Waals surface area contributed by atoms with Crippen molar-refractivity contribution in [2.24, 2.45) is 0 Å². The van der Waals surface area contributed by atoms with Crippen LogP contribution in [-0.4, -0.2) is 63.9 Å². The maximum Gasteiger partial charge on any atom is 0.128 e. The fraction of sp³-hybridized carbons (Fsp3) is 0.688. The van der Waals surface area contributed by atoms with Gasteiger partial charge in [-0.1, -0.05) is 13.0 Å². The Bertz CT molecular complexity index is 367. The molecule has 0 aliphatic carbocycles. The van der Waals surface area contributed by atoms with Crippen LogP contribution in [0.3, 0.4) is 0 Å². The van der Waals surface area contributed by atoms with E-state index < -0.39 is 0 Å². The van der Waals surface area contributed by atoms with E-state index in [2.05, 4.69) is 53.3 Å². The van der Waals surface area contributed by atoms with Gasteiger partial charge in [-0.25, -0.2) is 4.98 Å². The Morgan fingerprint density at radius 2 is 2.00 bits per heavy atom. The van der Waals surface area contributed by atoms with Gasteiger partial charge in [-0.05, 0) is 32.1 Å². The van der Waals surface area contributed by atoms with Gasteiger partial charge >= 0.3 is 0 Å². The molecular formula is C16H30N4O. The third-order valence-electron chi connectivity index (χ3n) is 3.26. The Hall–Kier alpha value is -1.17. The number of likely N-dealkylation sites (N-methyl/N-ethyl adjacent to an activating group) is 1. The number of nitrogens with zero attached hydrogens (tertiary/aromatic N) is 3. The standard InChI is InChI=1S/C16H30N4O/c1-5-9-20(11-10-19(2)3)16-7-6-15(14-18-16)13-17-8-12-21-4/h6-7,14,17H,5,8-13H2,1-4H3. The van der Waals surface area contributed by atoms with Crippen molar-refractivity contribution in [2.45, 2.75) is 19.9 Å². The molecular weight excluding hydrogens is 264 g/mol. The van der Waals surface area contributed by atoms with E-state index in [9.17, 15) is 0 Å². The minimum atomic E-state index is 0.736. The van der Waals surface area contributed by atoms with Gasteiger partial charge in [0.15, 0.2) is 0 Å². The van der Waals surface area contributed by atoms with E-state index in [4.69, 9.17) is 4.74 Å². The lowest BCUT2D eigenvalue weighted by molar-refractivity contribution is 0.199. The molecule has 0 atom stereocenters. The second-order valence-corrected chi connectivity index (χ2v) is 5.48. The van der Waals surface area contributed by atoms with E-state index in [-0.39, 0.29) is 0 Å². The van der Waals surface area contributed by atoms with Crippen molar-refractivity contribution in [2.75, 3.05) is 58.9 Å². The SMILES string of the molecule is CCCN(CCN(C)C)c1ccc(CNCCOC)cn1. The molecule has 120 valence electrons. The first kappa shape index (κ1) is 17.9. The summed E-state index contributed by atoms with van der Waals surface area (Å²) in [4.78, 5) is 9.17. The number of nitrogens with one attached hydrogen (secondary N) is 1. The zero-order valence-electron chi connectivity index (χ0n) is 13.9. The van der Waals surface area contributed by atoms with Crippen LogP contribution < -0.4 is 10.2 Å². The first-order valence-electron chi connectivity index (χ1n) is 7.71. The molecule has 0 saturated carbocycles. The maximum atomic E-state index is 5.01. The summed E-state index contributed by atoms with van der Waals surface area (Å²) >= 11 is 0. The van der Waals surface area contributed by atoms with E-state index in [0.29, 0.717) is 0 Å². The molecule has 1 heterocycles. The fourth-order valence-corrected chi connectivity index (χ4v) is 2.05. The summed E-state index contributed by atoms with van der Waals surface area (Å²) in [6.45, 7) is 7.75. The van der Waals surface area contributed by atoms with Crippen LogP contribution in [0.2, 0.25) is 0 Å². The Morgan fingerprint density at radius 3 is 2.57 bits per heavy atom. The molecule has 0 radical (unpaired) electrons. The molecule has 5 heteroatoms. The van der Waals surface area contributed by atoms with Crippen molar-refractivity contribution < 1.29 is 4.74 Å². The molecule has 0 spiro atoms. The highest BCUT2D eigenvalue weighted by Gasteiger charge is 2.07. The minimum absolute atomic E-state index is 0.736. The van der Waals surface area contributed by atoms with Gasteiger partial charge in [-0.15, -0.1) is 0 Å². The lowest BCUT2D eigenvalue weighted by Crippen LogP contribution is -2.32. The number of anilines is 1. The highest BCUT2D eigenvalue weighted by molar-refractivity contribution is 5.39. The molecule has 0 saturated heterocycles. The van der Waals surface area contributed by atoms with Gasteiger partial charge in [0.05, 0.1) is 6.61 Å². The number of aromatic nitrogens is 1. The molecule has 21 heavy (non-hydrogen) atoms. The summed E-state index contributed by atoms with van der Waals surface area (Å²) in [5, 5.41) is 3.33. The van der Waals surface area contributed by atoms with Crippen LogP contribution in [0.4, 0.5) is 5.82 Å². The molecule has 1 rings (SSSR count). The van der Waals surface area contributed by atoms with Gasteiger partial charge in [0.2, 0.25) is 0 Å². The number of rotatable bonds is 11. The van der Waals surface area contributed by atoms with E-state index >= 15 is 0 Å². The fourth-order valence-electron chi connectivity index (χ4n) is 2.05. The average molecular weight is 294 g/mol. The molecule has 1 aromatic heterocycles. The van der Waals surface area contributed by atoms with E-state index in [1.54, 1.807) is 7.11 Å². The lowest BCUT2D eigenvalue weighted by Gasteiger charge is -2.25. The highest BCUT2D eigenvalue weighted by atomic mass is 16.5. The molecule has 5 nitrogen and oxygen atoms in total. The normalized spacial score (nSPS) is 11.1. The Kier molecular flexibility index (Phi) is 8.98. The van der Waals surface area contributed by atoms with Crippen molar-refractivity contribution in [1.29, 1.82) is 0 Å². The zero-order valence-corrected chi connectivity index (χ0v) is 13.9. The van der Waals surface area contributed by atoms with Crippen LogP contribution in [-0.2, 0) is 11.3 Å². The average Bonchev–Trinajstić information content (AvgIpc) is 2.48. The van der Waals surface area contributed by atoms with Crippen LogP contribution >= 0.6 is 0 Å². The van der Waals surface area contributed by atoms with Gasteiger partial charge in [0.25, 0.3) is 0 Å². The topological polar surface area (TPSA) is 40.6 Å². The van der Waals surface area contributed by atoms with Gasteiger partial charge in [-0.2, -0.15) is 0 Å². The molecule has 1 N–H and O–H groups in total. The lowest BCUT2D eigenvalue weighted by atomic mass is 10.2. The van der Waals surface area contributed by atoms with Crippen molar-refractivity contribution in [3.05, 3.63) is 23.9 Å². The van der Waals surface area contributed by atoms with Gasteiger partial charge in [0.1, 0.15) is 5.82 Å². The predicted molar refractivity (Wildman–Crippen MR) is 88.9 cm³/mol. The zero-order chi connectivity index (χ0) is 15.5. The molecule has 0 fully saturated rings. The molecule has 0 unspecified atom stereocenters. The molecule has 0 bridgehead atoms. The monoisotopic (exact) mass is 294 g/mol. The van der Waals surface area contributed by atoms with Gasteiger partial charge < -0.3 is 19.9 Å². The second-order valence-electron chi connectivity index (χ2n) is 5.48. The number of pyridine rings is 1. The van der Waals surface area contributed by atoms with Crippen molar-refractivity contribution in [3.63, 3.8) is 0 Å². The number of ether oxygens (including phenoxy) is 1. The second kappa shape index (κ2) is 10.5. The Balaban J connectivity index is 2.52. The quantitative estimate of drug-likeness (QED) is 0.628. The predicted octanol–water partition coefficient (Wildman–Crippen LogP) is 1.60. The summed E-state index contributed by atoms with van der Waals surface area (Å²) in [5.74, 6) is 1.07. The van der Waals surface area contributed by atoms with Crippen LogP contribution in [0.25, 0.3) is 0 Å². The van der Waals surface area contributed by atoms with Crippen LogP contribution in [0, 0.1) is 0 Å². The number of hydrogen-bond acceptors (Lipinski definition) is 5. The highest BCUT2D eigenvalue weighted by Crippen LogP contribution is 2.12. The summed E-state index contributed by atoms with van der Waals surface area (Å²) in [5.41, 5.74) is 1.21. The molecule has 0 amide bonds. The number of methoxy groups -OCH3 is 1. The van der Waals surface area contributed by atoms with Crippen LogP contribution in [0.15, 0.2) is 18.3 Å². The van der Waals surface area contributed by atoms with Crippen molar-refractivity contribution in [3.8, 4) is 0 Å². The van der Waals surface area contributed by atoms with E-state index in [1.807, 2.05) is 6.20 Å². The van der Waals surface area contributed by atoms with Crippen molar-refractivity contribution in [1.82, 2.24) is 15.2 Å².